The van der Waals surface area contributed by atoms with Gasteiger partial charge in [0.25, 0.3) is 0 Å². The molecule has 0 aliphatic carbocycles. The van der Waals surface area contributed by atoms with Crippen molar-refractivity contribution in [3.63, 3.8) is 0 Å². The third kappa shape index (κ3) is 4.58. The SMILES string of the molecule is Cc1c(CC(=O)N(C)C)c2cccnc2n1Cc1ccc(S(C)(=O)=O)cc1C(F)(F)F. The second kappa shape index (κ2) is 7.99. The number of hydrogen-bond acceptors (Lipinski definition) is 4. The first-order valence-corrected chi connectivity index (χ1v) is 11.2. The molecule has 0 N–H and O–H groups in total. The van der Waals surface area contributed by atoms with Crippen LogP contribution >= 0.6 is 0 Å². The molecule has 1 amide bonds. The van der Waals surface area contributed by atoms with Crippen LogP contribution < -0.4 is 0 Å². The summed E-state index contributed by atoms with van der Waals surface area (Å²) in [5.74, 6) is -0.139. The second-order valence-electron chi connectivity index (χ2n) is 7.58. The Balaban J connectivity index is 2.17. The van der Waals surface area contributed by atoms with Crippen LogP contribution in [0.15, 0.2) is 41.4 Å². The molecular formula is C21H22F3N3O3S. The van der Waals surface area contributed by atoms with E-state index in [0.717, 1.165) is 6.26 Å². The maximum absolute atomic E-state index is 13.7. The fraction of sp³-hybridized carbons (Fsp3) is 0.333. The van der Waals surface area contributed by atoms with Gasteiger partial charge >= 0.3 is 6.18 Å². The minimum Gasteiger partial charge on any atom is -0.349 e. The summed E-state index contributed by atoms with van der Waals surface area (Å²) in [6.45, 7) is 1.56. The number of nitrogens with zero attached hydrogens (tertiary/aromatic N) is 3. The van der Waals surface area contributed by atoms with Crippen LogP contribution in [0, 0.1) is 6.92 Å². The molecule has 0 aliphatic rings. The standard InChI is InChI=1S/C21H22F3N3O3S/c1-13-17(11-19(28)26(2)3)16-6-5-9-25-20(16)27(13)12-14-7-8-15(31(4,29)30)10-18(14)21(22,23)24/h5-10H,11-12H2,1-4H3. The summed E-state index contributed by atoms with van der Waals surface area (Å²) in [6, 6.07) is 6.50. The Labute approximate surface area is 178 Å². The second-order valence-corrected chi connectivity index (χ2v) is 9.59. The molecule has 2 heterocycles. The van der Waals surface area contributed by atoms with E-state index in [0.29, 0.717) is 28.4 Å². The van der Waals surface area contributed by atoms with Gasteiger partial charge in [0.2, 0.25) is 5.91 Å². The van der Waals surface area contributed by atoms with Gasteiger partial charge in [-0.1, -0.05) is 6.07 Å². The number of carbonyl (C=O) groups is 1. The number of fused-ring (bicyclic) bond motifs is 1. The molecule has 0 radical (unpaired) electrons. The number of carbonyl (C=O) groups excluding carboxylic acids is 1. The van der Waals surface area contributed by atoms with E-state index >= 15 is 0 Å². The molecule has 2 aromatic heterocycles. The van der Waals surface area contributed by atoms with Crippen molar-refractivity contribution in [3.05, 3.63) is 58.9 Å². The number of hydrogen-bond donors (Lipinski definition) is 0. The smallest absolute Gasteiger partial charge is 0.349 e. The van der Waals surface area contributed by atoms with Crippen molar-refractivity contribution in [3.8, 4) is 0 Å². The number of sulfone groups is 1. The van der Waals surface area contributed by atoms with E-state index in [-0.39, 0.29) is 24.4 Å². The van der Waals surface area contributed by atoms with Gasteiger partial charge in [-0.3, -0.25) is 4.79 Å². The van der Waals surface area contributed by atoms with E-state index < -0.39 is 26.5 Å². The zero-order valence-corrected chi connectivity index (χ0v) is 18.3. The minimum atomic E-state index is -4.73. The van der Waals surface area contributed by atoms with E-state index in [9.17, 15) is 26.4 Å². The minimum absolute atomic E-state index is 0.0870. The Morgan fingerprint density at radius 2 is 1.87 bits per heavy atom. The zero-order valence-electron chi connectivity index (χ0n) is 17.5. The molecule has 31 heavy (non-hydrogen) atoms. The van der Waals surface area contributed by atoms with Crippen molar-refractivity contribution in [2.45, 2.75) is 31.0 Å². The number of aromatic nitrogens is 2. The molecule has 3 aromatic rings. The highest BCUT2D eigenvalue weighted by Crippen LogP contribution is 2.35. The van der Waals surface area contributed by atoms with Crippen molar-refractivity contribution in [1.82, 2.24) is 14.5 Å². The van der Waals surface area contributed by atoms with E-state index in [4.69, 9.17) is 0 Å². The maximum atomic E-state index is 13.7. The molecule has 1 aromatic carbocycles. The quantitative estimate of drug-likeness (QED) is 0.593. The Morgan fingerprint density at radius 3 is 2.45 bits per heavy atom. The van der Waals surface area contributed by atoms with Crippen LogP contribution in [0.3, 0.4) is 0 Å². The lowest BCUT2D eigenvalue weighted by molar-refractivity contribution is -0.138. The lowest BCUT2D eigenvalue weighted by atomic mass is 10.1. The fourth-order valence-electron chi connectivity index (χ4n) is 3.45. The van der Waals surface area contributed by atoms with Gasteiger partial charge in [0.1, 0.15) is 5.65 Å². The van der Waals surface area contributed by atoms with Gasteiger partial charge in [-0.05, 0) is 42.3 Å². The molecule has 6 nitrogen and oxygen atoms in total. The average molecular weight is 453 g/mol. The number of benzene rings is 1. The molecular weight excluding hydrogens is 431 g/mol. The van der Waals surface area contributed by atoms with Crippen molar-refractivity contribution in [1.29, 1.82) is 0 Å². The summed E-state index contributed by atoms with van der Waals surface area (Å²) >= 11 is 0. The van der Waals surface area contributed by atoms with Gasteiger partial charge in [-0.25, -0.2) is 13.4 Å². The maximum Gasteiger partial charge on any atom is 0.416 e. The number of pyridine rings is 1. The molecule has 166 valence electrons. The van der Waals surface area contributed by atoms with E-state index in [1.807, 2.05) is 0 Å². The van der Waals surface area contributed by atoms with Gasteiger partial charge in [0, 0.05) is 44.2 Å². The van der Waals surface area contributed by atoms with Crippen LogP contribution in [-0.4, -0.2) is 49.1 Å². The summed E-state index contributed by atoms with van der Waals surface area (Å²) in [5.41, 5.74) is 0.684. The Kier molecular flexibility index (Phi) is 5.88. The van der Waals surface area contributed by atoms with Crippen LogP contribution in [-0.2, 0) is 33.8 Å². The van der Waals surface area contributed by atoms with Crippen LogP contribution in [0.4, 0.5) is 13.2 Å². The Hall–Kier alpha value is -2.88. The van der Waals surface area contributed by atoms with Gasteiger partial charge in [-0.15, -0.1) is 0 Å². The highest BCUT2D eigenvalue weighted by molar-refractivity contribution is 7.90. The molecule has 0 spiro atoms. The van der Waals surface area contributed by atoms with Gasteiger partial charge in [-0.2, -0.15) is 13.2 Å². The van der Waals surface area contributed by atoms with E-state index in [1.165, 1.54) is 23.2 Å². The van der Waals surface area contributed by atoms with Crippen LogP contribution in [0.25, 0.3) is 11.0 Å². The molecule has 0 saturated heterocycles. The van der Waals surface area contributed by atoms with Crippen molar-refractivity contribution >= 4 is 26.8 Å². The summed E-state index contributed by atoms with van der Waals surface area (Å²) < 4.78 is 66.3. The summed E-state index contributed by atoms with van der Waals surface area (Å²) in [7, 11) is -0.531. The largest absolute Gasteiger partial charge is 0.416 e. The number of rotatable bonds is 5. The number of amides is 1. The van der Waals surface area contributed by atoms with Crippen molar-refractivity contribution in [2.24, 2.45) is 0 Å². The predicted octanol–water partition coefficient (Wildman–Crippen LogP) is 3.45. The monoisotopic (exact) mass is 453 g/mol. The Morgan fingerprint density at radius 1 is 1.19 bits per heavy atom. The first kappa shape index (κ1) is 22.8. The molecule has 0 atom stereocenters. The molecule has 0 bridgehead atoms. The molecule has 10 heteroatoms. The molecule has 0 saturated carbocycles. The first-order valence-electron chi connectivity index (χ1n) is 9.33. The van der Waals surface area contributed by atoms with Crippen LogP contribution in [0.5, 0.6) is 0 Å². The molecule has 0 aliphatic heterocycles. The number of likely N-dealkylation sites (N-methyl/N-ethyl adjacent to an activating group) is 1. The summed E-state index contributed by atoms with van der Waals surface area (Å²) in [5, 5.41) is 0.691. The average Bonchev–Trinajstić information content (AvgIpc) is 2.92. The highest BCUT2D eigenvalue weighted by atomic mass is 32.2. The lowest BCUT2D eigenvalue weighted by Crippen LogP contribution is -2.23. The normalized spacial score (nSPS) is 12.4. The molecule has 0 fully saturated rings. The van der Waals surface area contributed by atoms with Crippen LogP contribution in [0.1, 0.15) is 22.4 Å². The summed E-state index contributed by atoms with van der Waals surface area (Å²) in [4.78, 5) is 17.7. The van der Waals surface area contributed by atoms with Gasteiger partial charge in [0.15, 0.2) is 9.84 Å². The third-order valence-corrected chi connectivity index (χ3v) is 6.29. The van der Waals surface area contributed by atoms with Gasteiger partial charge < -0.3 is 9.47 Å². The summed E-state index contributed by atoms with van der Waals surface area (Å²) in [6.07, 6.45) is -2.24. The molecule has 3 rings (SSSR count). The van der Waals surface area contributed by atoms with E-state index in [2.05, 4.69) is 4.98 Å². The van der Waals surface area contributed by atoms with E-state index in [1.54, 1.807) is 37.7 Å². The number of halogens is 3. The first-order chi connectivity index (χ1) is 14.3. The predicted molar refractivity (Wildman–Crippen MR) is 111 cm³/mol. The highest BCUT2D eigenvalue weighted by Gasteiger charge is 2.34. The van der Waals surface area contributed by atoms with Crippen molar-refractivity contribution < 1.29 is 26.4 Å². The third-order valence-electron chi connectivity index (χ3n) is 5.18. The fourth-order valence-corrected chi connectivity index (χ4v) is 4.10. The van der Waals surface area contributed by atoms with Gasteiger partial charge in [0.05, 0.1) is 16.9 Å². The zero-order chi connectivity index (χ0) is 23.1. The van der Waals surface area contributed by atoms with Crippen LogP contribution in [0.2, 0.25) is 0 Å². The number of alkyl halides is 3. The topological polar surface area (TPSA) is 72.3 Å². The van der Waals surface area contributed by atoms with Crippen molar-refractivity contribution in [2.75, 3.05) is 20.4 Å². The lowest BCUT2D eigenvalue weighted by Gasteiger charge is -2.16. The Bertz CT molecular complexity index is 1260. The molecule has 0 unspecified atom stereocenters.